The van der Waals surface area contributed by atoms with Crippen molar-refractivity contribution in [1.82, 2.24) is 10.8 Å². The Morgan fingerprint density at radius 2 is 2.03 bits per heavy atom. The van der Waals surface area contributed by atoms with Crippen LogP contribution in [0.2, 0.25) is 0 Å². The van der Waals surface area contributed by atoms with Crippen molar-refractivity contribution in [2.45, 2.75) is 25.8 Å². The van der Waals surface area contributed by atoms with Gasteiger partial charge in [-0.05, 0) is 65.5 Å². The van der Waals surface area contributed by atoms with Gasteiger partial charge in [0.15, 0.2) is 0 Å². The molecule has 2 aromatic rings. The molecular formula is C21H27BrN2O6S. The van der Waals surface area contributed by atoms with Crippen LogP contribution in [-0.4, -0.2) is 50.2 Å². The molecule has 1 aromatic carbocycles. The maximum Gasteiger partial charge on any atom is 0.261 e. The van der Waals surface area contributed by atoms with E-state index in [0.29, 0.717) is 23.7 Å². The number of thiophene rings is 1. The van der Waals surface area contributed by atoms with Crippen LogP contribution in [0.1, 0.15) is 28.6 Å². The average molecular weight is 515 g/mol. The predicted molar refractivity (Wildman–Crippen MR) is 120 cm³/mol. The van der Waals surface area contributed by atoms with Gasteiger partial charge in [-0.25, -0.2) is 5.48 Å². The fourth-order valence-corrected chi connectivity index (χ4v) is 4.29. The highest BCUT2D eigenvalue weighted by Gasteiger charge is 2.25. The van der Waals surface area contributed by atoms with Crippen molar-refractivity contribution in [3.63, 3.8) is 0 Å². The number of hydrogen-bond acceptors (Lipinski definition) is 7. The summed E-state index contributed by atoms with van der Waals surface area (Å²) in [6, 6.07) is 10.4. The molecule has 0 spiro atoms. The number of hydrogen-bond donors (Lipinski definition) is 3. The molecule has 1 heterocycles. The van der Waals surface area contributed by atoms with Gasteiger partial charge in [0.2, 0.25) is 5.91 Å². The van der Waals surface area contributed by atoms with E-state index in [1.165, 1.54) is 11.3 Å². The molecule has 0 bridgehead atoms. The number of methoxy groups -OCH3 is 1. The molecule has 2 amide bonds. The number of benzene rings is 1. The smallest absolute Gasteiger partial charge is 0.261 e. The lowest BCUT2D eigenvalue weighted by Crippen LogP contribution is -2.42. The van der Waals surface area contributed by atoms with E-state index in [-0.39, 0.29) is 25.7 Å². The summed E-state index contributed by atoms with van der Waals surface area (Å²) in [5.41, 5.74) is 2.60. The van der Waals surface area contributed by atoms with Crippen molar-refractivity contribution in [3.05, 3.63) is 50.6 Å². The molecule has 0 saturated carbocycles. The number of carbonyl (C=O) groups excluding carboxylic acids is 2. The Bertz CT molecular complexity index is 847. The van der Waals surface area contributed by atoms with Crippen molar-refractivity contribution in [1.29, 1.82) is 0 Å². The molecule has 0 radical (unpaired) electrons. The van der Waals surface area contributed by atoms with Gasteiger partial charge in [-0.1, -0.05) is 12.1 Å². The molecule has 0 unspecified atom stereocenters. The van der Waals surface area contributed by atoms with Crippen molar-refractivity contribution >= 4 is 39.1 Å². The van der Waals surface area contributed by atoms with Gasteiger partial charge in [-0.15, -0.1) is 11.3 Å². The number of nitrogens with one attached hydrogen (secondary N) is 2. The number of rotatable bonds is 13. The average Bonchev–Trinajstić information content (AvgIpc) is 3.22. The Labute approximate surface area is 194 Å². The normalized spacial score (nSPS) is 12.8. The molecule has 0 aliphatic heterocycles. The van der Waals surface area contributed by atoms with Crippen LogP contribution in [0.4, 0.5) is 0 Å². The maximum atomic E-state index is 12.6. The quantitative estimate of drug-likeness (QED) is 0.164. The highest BCUT2D eigenvalue weighted by molar-refractivity contribution is 9.11. The maximum absolute atomic E-state index is 12.6. The molecule has 31 heavy (non-hydrogen) atoms. The summed E-state index contributed by atoms with van der Waals surface area (Å²) >= 11 is 4.66. The Morgan fingerprint density at radius 1 is 1.23 bits per heavy atom. The Morgan fingerprint density at radius 3 is 2.68 bits per heavy atom. The number of ether oxygens (including phenoxy) is 3. The standard InChI is InChI=1S/C21H27BrN2O6S/c1-3-29-13-30-12-16(23-21(26)18-7-8-19(22)31-18)11-15(20(25)24-27)9-14-5-4-6-17(10-14)28-2/h4-8,10,15-16,27H,3,9,11-13H2,1-2H3,(H,23,26)(H,24,25)/t15-,16-/m0/s1. The van der Waals surface area contributed by atoms with E-state index in [9.17, 15) is 14.8 Å². The molecule has 0 fully saturated rings. The van der Waals surface area contributed by atoms with Crippen LogP contribution < -0.4 is 15.5 Å². The first-order valence-electron chi connectivity index (χ1n) is 9.75. The summed E-state index contributed by atoms with van der Waals surface area (Å²) in [5, 5.41) is 12.2. The predicted octanol–water partition coefficient (Wildman–Crippen LogP) is 3.38. The lowest BCUT2D eigenvalue weighted by atomic mass is 9.92. The second kappa shape index (κ2) is 13.4. The highest BCUT2D eigenvalue weighted by Crippen LogP contribution is 2.23. The van der Waals surface area contributed by atoms with Crippen LogP contribution in [0.15, 0.2) is 40.2 Å². The fraction of sp³-hybridized carbons (Fsp3) is 0.429. The van der Waals surface area contributed by atoms with Crippen molar-refractivity contribution in [2.75, 3.05) is 27.1 Å². The summed E-state index contributed by atoms with van der Waals surface area (Å²) in [6.07, 6.45) is 0.611. The van der Waals surface area contributed by atoms with E-state index in [1.807, 2.05) is 31.2 Å². The van der Waals surface area contributed by atoms with Crippen molar-refractivity contribution < 1.29 is 29.0 Å². The Balaban J connectivity index is 2.13. The van der Waals surface area contributed by atoms with Crippen molar-refractivity contribution in [2.24, 2.45) is 5.92 Å². The third kappa shape index (κ3) is 8.58. The van der Waals surface area contributed by atoms with Crippen LogP contribution in [-0.2, 0) is 20.7 Å². The van der Waals surface area contributed by atoms with Crippen LogP contribution in [0.25, 0.3) is 0 Å². The molecule has 1 aromatic heterocycles. The molecule has 170 valence electrons. The van der Waals surface area contributed by atoms with Crippen LogP contribution >= 0.6 is 27.3 Å². The lowest BCUT2D eigenvalue weighted by Gasteiger charge is -2.23. The van der Waals surface area contributed by atoms with Gasteiger partial charge in [-0.3, -0.25) is 14.8 Å². The zero-order valence-electron chi connectivity index (χ0n) is 17.4. The summed E-state index contributed by atoms with van der Waals surface area (Å²) in [6.45, 7) is 2.60. The first-order chi connectivity index (χ1) is 15.0. The minimum absolute atomic E-state index is 0.0835. The number of carbonyl (C=O) groups is 2. The molecule has 8 nitrogen and oxygen atoms in total. The molecule has 2 atom stereocenters. The highest BCUT2D eigenvalue weighted by atomic mass is 79.9. The monoisotopic (exact) mass is 514 g/mol. The molecular weight excluding hydrogens is 488 g/mol. The van der Waals surface area contributed by atoms with E-state index in [0.717, 1.165) is 9.35 Å². The largest absolute Gasteiger partial charge is 0.497 e. The van der Waals surface area contributed by atoms with E-state index in [2.05, 4.69) is 21.2 Å². The van der Waals surface area contributed by atoms with Crippen LogP contribution in [0.5, 0.6) is 5.75 Å². The number of hydroxylamine groups is 1. The SMILES string of the molecule is CCOCOC[C@H](C[C@H](Cc1cccc(OC)c1)C(=O)NO)NC(=O)c1ccc(Br)s1. The molecule has 2 rings (SSSR count). The summed E-state index contributed by atoms with van der Waals surface area (Å²) in [4.78, 5) is 25.6. The van der Waals surface area contributed by atoms with Gasteiger partial charge in [0.25, 0.3) is 5.91 Å². The van der Waals surface area contributed by atoms with E-state index < -0.39 is 17.9 Å². The molecule has 0 saturated heterocycles. The topological polar surface area (TPSA) is 106 Å². The van der Waals surface area contributed by atoms with E-state index in [4.69, 9.17) is 14.2 Å². The van der Waals surface area contributed by atoms with Gasteiger partial charge >= 0.3 is 0 Å². The van der Waals surface area contributed by atoms with Gasteiger partial charge in [0, 0.05) is 12.5 Å². The first-order valence-corrected chi connectivity index (χ1v) is 11.4. The Kier molecular flexibility index (Phi) is 11.0. The third-order valence-electron chi connectivity index (χ3n) is 4.49. The van der Waals surface area contributed by atoms with E-state index in [1.54, 1.807) is 24.7 Å². The summed E-state index contributed by atoms with van der Waals surface area (Å²) in [7, 11) is 1.57. The molecule has 0 aliphatic rings. The second-order valence-electron chi connectivity index (χ2n) is 6.72. The minimum atomic E-state index is -0.604. The van der Waals surface area contributed by atoms with Gasteiger partial charge < -0.3 is 19.5 Å². The summed E-state index contributed by atoms with van der Waals surface area (Å²) < 4.78 is 16.8. The first kappa shape index (κ1) is 25.3. The lowest BCUT2D eigenvalue weighted by molar-refractivity contribution is -0.134. The zero-order chi connectivity index (χ0) is 22.6. The van der Waals surface area contributed by atoms with Crippen molar-refractivity contribution in [3.8, 4) is 5.75 Å². The van der Waals surface area contributed by atoms with E-state index >= 15 is 0 Å². The van der Waals surface area contributed by atoms with Crippen LogP contribution in [0, 0.1) is 5.92 Å². The van der Waals surface area contributed by atoms with Gasteiger partial charge in [-0.2, -0.15) is 0 Å². The van der Waals surface area contributed by atoms with Gasteiger partial charge in [0.05, 0.1) is 28.4 Å². The third-order valence-corrected chi connectivity index (χ3v) is 6.11. The molecule has 3 N–H and O–H groups in total. The van der Waals surface area contributed by atoms with Crippen LogP contribution in [0.3, 0.4) is 0 Å². The minimum Gasteiger partial charge on any atom is -0.497 e. The number of amides is 2. The number of halogens is 1. The zero-order valence-corrected chi connectivity index (χ0v) is 19.8. The molecule has 10 heteroatoms. The second-order valence-corrected chi connectivity index (χ2v) is 9.18. The molecule has 0 aliphatic carbocycles. The summed E-state index contributed by atoms with van der Waals surface area (Å²) in [5.74, 6) is -0.724. The Hall–Kier alpha value is -1.98. The fourth-order valence-electron chi connectivity index (χ4n) is 3.00. The van der Waals surface area contributed by atoms with Gasteiger partial charge in [0.1, 0.15) is 12.5 Å².